The number of rotatable bonds is 5. The number of hydrogen-bond donors (Lipinski definition) is 1. The van der Waals surface area contributed by atoms with E-state index in [1.165, 1.54) is 7.11 Å². The average molecular weight is 374 g/mol. The summed E-state index contributed by atoms with van der Waals surface area (Å²) in [5, 5.41) is 3.62. The van der Waals surface area contributed by atoms with Crippen LogP contribution in [0.1, 0.15) is 22.5 Å². The number of ether oxygens (including phenoxy) is 1. The highest BCUT2D eigenvalue weighted by Crippen LogP contribution is 2.22. The first-order valence-corrected chi connectivity index (χ1v) is 8.73. The van der Waals surface area contributed by atoms with Crippen molar-refractivity contribution in [2.24, 2.45) is 0 Å². The molecule has 0 radical (unpaired) electrons. The quantitative estimate of drug-likeness (QED) is 0.814. The Morgan fingerprint density at radius 1 is 1.27 bits per heavy atom. The van der Waals surface area contributed by atoms with Gasteiger partial charge in [-0.15, -0.1) is 0 Å². The summed E-state index contributed by atoms with van der Waals surface area (Å²) in [6.45, 7) is 1.13. The number of aromatic nitrogens is 1. The number of carbonyl (C=O) groups is 2. The highest BCUT2D eigenvalue weighted by atomic mass is 35.5. The van der Waals surface area contributed by atoms with Crippen molar-refractivity contribution in [3.05, 3.63) is 64.9 Å². The minimum atomic E-state index is -0.398. The van der Waals surface area contributed by atoms with Gasteiger partial charge in [-0.25, -0.2) is 0 Å². The van der Waals surface area contributed by atoms with Crippen LogP contribution in [-0.4, -0.2) is 47.5 Å². The zero-order chi connectivity index (χ0) is 18.5. The summed E-state index contributed by atoms with van der Waals surface area (Å²) in [5.74, 6) is -0.541. The van der Waals surface area contributed by atoms with E-state index in [0.717, 1.165) is 5.56 Å². The first-order chi connectivity index (χ1) is 12.6. The van der Waals surface area contributed by atoms with E-state index in [0.29, 0.717) is 30.2 Å². The van der Waals surface area contributed by atoms with E-state index >= 15 is 0 Å². The van der Waals surface area contributed by atoms with Crippen molar-refractivity contribution in [3.63, 3.8) is 0 Å². The first kappa shape index (κ1) is 18.4. The Morgan fingerprint density at radius 3 is 2.69 bits per heavy atom. The molecule has 2 heterocycles. The third kappa shape index (κ3) is 4.39. The number of pyridine rings is 1. The molecule has 1 aromatic carbocycles. The SMILES string of the molecule is COC(=O)[C@@H]1C[C@@H](NC(=O)c2ccccn2)CN1Cc1ccc(Cl)cc1. The molecule has 1 saturated heterocycles. The number of methoxy groups -OCH3 is 1. The maximum absolute atomic E-state index is 12.3. The molecule has 1 aromatic heterocycles. The minimum absolute atomic E-state index is 0.152. The van der Waals surface area contributed by atoms with Crippen LogP contribution in [0.3, 0.4) is 0 Å². The number of nitrogens with one attached hydrogen (secondary N) is 1. The number of likely N-dealkylation sites (tertiary alicyclic amines) is 1. The normalized spacial score (nSPS) is 19.9. The Labute approximate surface area is 157 Å². The van der Waals surface area contributed by atoms with Crippen molar-refractivity contribution in [2.75, 3.05) is 13.7 Å². The Bertz CT molecular complexity index is 767. The molecule has 7 heteroatoms. The fourth-order valence-electron chi connectivity index (χ4n) is 3.14. The summed E-state index contributed by atoms with van der Waals surface area (Å²) in [4.78, 5) is 30.6. The van der Waals surface area contributed by atoms with Gasteiger partial charge >= 0.3 is 5.97 Å². The van der Waals surface area contributed by atoms with Crippen molar-refractivity contribution in [1.82, 2.24) is 15.2 Å². The van der Waals surface area contributed by atoms with E-state index in [9.17, 15) is 9.59 Å². The lowest BCUT2D eigenvalue weighted by Gasteiger charge is -2.22. The molecular formula is C19H20ClN3O3. The molecule has 0 aliphatic carbocycles. The Kier molecular flexibility index (Phi) is 5.85. The van der Waals surface area contributed by atoms with Crippen LogP contribution < -0.4 is 5.32 Å². The summed E-state index contributed by atoms with van der Waals surface area (Å²) < 4.78 is 4.93. The lowest BCUT2D eigenvalue weighted by molar-refractivity contribution is -0.146. The zero-order valence-electron chi connectivity index (χ0n) is 14.4. The third-order valence-electron chi connectivity index (χ3n) is 4.41. The zero-order valence-corrected chi connectivity index (χ0v) is 15.1. The summed E-state index contributed by atoms with van der Waals surface area (Å²) >= 11 is 5.93. The fourth-order valence-corrected chi connectivity index (χ4v) is 3.27. The van der Waals surface area contributed by atoms with Crippen molar-refractivity contribution in [3.8, 4) is 0 Å². The average Bonchev–Trinajstić information content (AvgIpc) is 3.05. The van der Waals surface area contributed by atoms with Crippen molar-refractivity contribution < 1.29 is 14.3 Å². The van der Waals surface area contributed by atoms with E-state index < -0.39 is 6.04 Å². The number of hydrogen-bond acceptors (Lipinski definition) is 5. The van der Waals surface area contributed by atoms with Gasteiger partial charge in [0.05, 0.1) is 7.11 Å². The van der Waals surface area contributed by atoms with Gasteiger partial charge in [-0.2, -0.15) is 0 Å². The van der Waals surface area contributed by atoms with E-state index in [1.54, 1.807) is 24.4 Å². The number of amides is 1. The maximum atomic E-state index is 12.3. The molecule has 1 N–H and O–H groups in total. The van der Waals surface area contributed by atoms with Crippen LogP contribution in [0.15, 0.2) is 48.7 Å². The van der Waals surface area contributed by atoms with Gasteiger partial charge in [-0.1, -0.05) is 29.8 Å². The third-order valence-corrected chi connectivity index (χ3v) is 4.66. The molecule has 6 nitrogen and oxygen atoms in total. The topological polar surface area (TPSA) is 71.5 Å². The predicted molar refractivity (Wildman–Crippen MR) is 97.8 cm³/mol. The highest BCUT2D eigenvalue weighted by Gasteiger charge is 2.38. The molecule has 2 atom stereocenters. The van der Waals surface area contributed by atoms with Gasteiger partial charge < -0.3 is 10.1 Å². The number of carbonyl (C=O) groups excluding carboxylic acids is 2. The smallest absolute Gasteiger partial charge is 0.323 e. The van der Waals surface area contributed by atoms with Crippen molar-refractivity contribution in [2.45, 2.75) is 25.0 Å². The predicted octanol–water partition coefficient (Wildman–Crippen LogP) is 2.28. The number of halogens is 1. The summed E-state index contributed by atoms with van der Waals surface area (Å²) in [6.07, 6.45) is 2.08. The molecule has 1 aliphatic rings. The summed E-state index contributed by atoms with van der Waals surface area (Å²) in [6, 6.07) is 12.1. The van der Waals surface area contributed by atoms with Crippen LogP contribution >= 0.6 is 11.6 Å². The van der Waals surface area contributed by atoms with E-state index in [-0.39, 0.29) is 17.9 Å². The highest BCUT2D eigenvalue weighted by molar-refractivity contribution is 6.30. The molecule has 1 fully saturated rings. The van der Waals surface area contributed by atoms with Gasteiger partial charge in [0, 0.05) is 30.4 Å². The van der Waals surface area contributed by atoms with Crippen molar-refractivity contribution >= 4 is 23.5 Å². The van der Waals surface area contributed by atoms with Gasteiger partial charge in [0.25, 0.3) is 5.91 Å². The van der Waals surface area contributed by atoms with Gasteiger partial charge in [0.15, 0.2) is 0 Å². The molecule has 0 saturated carbocycles. The van der Waals surface area contributed by atoms with E-state index in [1.807, 2.05) is 29.2 Å². The van der Waals surface area contributed by atoms with Crippen LogP contribution in [0, 0.1) is 0 Å². The van der Waals surface area contributed by atoms with Crippen LogP contribution in [0.25, 0.3) is 0 Å². The number of nitrogens with zero attached hydrogens (tertiary/aromatic N) is 2. The second-order valence-corrected chi connectivity index (χ2v) is 6.65. The molecule has 0 unspecified atom stereocenters. The standard InChI is InChI=1S/C19H20ClN3O3/c1-26-19(25)17-10-15(22-18(24)16-4-2-3-9-21-16)12-23(17)11-13-5-7-14(20)8-6-13/h2-9,15,17H,10-12H2,1H3,(H,22,24)/t15-,17+/m1/s1. The lowest BCUT2D eigenvalue weighted by atomic mass is 10.1. The van der Waals surface area contributed by atoms with Gasteiger partial charge in [0.1, 0.15) is 11.7 Å². The van der Waals surface area contributed by atoms with E-state index in [4.69, 9.17) is 16.3 Å². The molecule has 1 aliphatic heterocycles. The fraction of sp³-hybridized carbons (Fsp3) is 0.316. The van der Waals surface area contributed by atoms with Crippen molar-refractivity contribution in [1.29, 1.82) is 0 Å². The van der Waals surface area contributed by atoms with Gasteiger partial charge in [-0.05, 0) is 36.2 Å². The minimum Gasteiger partial charge on any atom is -0.468 e. The molecule has 2 aromatic rings. The molecule has 26 heavy (non-hydrogen) atoms. The first-order valence-electron chi connectivity index (χ1n) is 8.35. The molecule has 0 bridgehead atoms. The monoisotopic (exact) mass is 373 g/mol. The molecule has 0 spiro atoms. The molecular weight excluding hydrogens is 354 g/mol. The van der Waals surface area contributed by atoms with Crippen LogP contribution in [0.4, 0.5) is 0 Å². The second-order valence-electron chi connectivity index (χ2n) is 6.22. The molecule has 1 amide bonds. The van der Waals surface area contributed by atoms with Crippen LogP contribution in [-0.2, 0) is 16.1 Å². The molecule has 3 rings (SSSR count). The van der Waals surface area contributed by atoms with Gasteiger partial charge in [-0.3, -0.25) is 19.5 Å². The summed E-state index contributed by atoms with van der Waals surface area (Å²) in [7, 11) is 1.38. The Balaban J connectivity index is 1.69. The molecule has 136 valence electrons. The second kappa shape index (κ2) is 8.29. The Hall–Kier alpha value is -2.44. The number of benzene rings is 1. The van der Waals surface area contributed by atoms with Crippen LogP contribution in [0.2, 0.25) is 5.02 Å². The van der Waals surface area contributed by atoms with Gasteiger partial charge in [0.2, 0.25) is 0 Å². The largest absolute Gasteiger partial charge is 0.468 e. The lowest BCUT2D eigenvalue weighted by Crippen LogP contribution is -2.38. The van der Waals surface area contributed by atoms with Crippen LogP contribution in [0.5, 0.6) is 0 Å². The maximum Gasteiger partial charge on any atom is 0.323 e. The van der Waals surface area contributed by atoms with E-state index in [2.05, 4.69) is 10.3 Å². The summed E-state index contributed by atoms with van der Waals surface area (Å²) in [5.41, 5.74) is 1.40. The Morgan fingerprint density at radius 2 is 2.04 bits per heavy atom. The number of esters is 1.